The molecule has 0 spiro atoms. The number of hydrogen-bond acceptors (Lipinski definition) is 3. The summed E-state index contributed by atoms with van der Waals surface area (Å²) in [6, 6.07) is 3.64. The number of pyridine rings is 1. The van der Waals surface area contributed by atoms with E-state index >= 15 is 0 Å². The first-order valence-corrected chi connectivity index (χ1v) is 4.60. The summed E-state index contributed by atoms with van der Waals surface area (Å²) in [5, 5.41) is 1.57. The number of nitrogens with zero attached hydrogens (tertiary/aromatic N) is 1. The summed E-state index contributed by atoms with van der Waals surface area (Å²) in [4.78, 5) is 15.1. The Kier molecular flexibility index (Phi) is 2.51. The maximum absolute atomic E-state index is 10.9. The number of ether oxygens (including phenoxy) is 1. The Hall–Kier alpha value is -2.08. The number of hydrogen-bond donors (Lipinski definition) is 0. The Morgan fingerprint density at radius 3 is 3.27 bits per heavy atom. The maximum atomic E-state index is 10.9. The molecule has 0 aliphatic heterocycles. The molecule has 0 amide bonds. The van der Waals surface area contributed by atoms with Gasteiger partial charge in [0.25, 0.3) is 0 Å². The molecule has 1 aromatic rings. The van der Waals surface area contributed by atoms with Crippen molar-refractivity contribution in [1.29, 1.82) is 0 Å². The summed E-state index contributed by atoms with van der Waals surface area (Å²) >= 11 is 0. The second-order valence-corrected chi connectivity index (χ2v) is 3.07. The summed E-state index contributed by atoms with van der Waals surface area (Å²) in [5.74, 6) is 5.73. The van der Waals surface area contributed by atoms with Gasteiger partial charge >= 0.3 is 5.97 Å². The van der Waals surface area contributed by atoms with Gasteiger partial charge in [-0.15, -0.1) is 0 Å². The minimum atomic E-state index is -0.365. The maximum Gasteiger partial charge on any atom is 0.308 e. The van der Waals surface area contributed by atoms with Crippen molar-refractivity contribution >= 4 is 17.8 Å². The Bertz CT molecular complexity index is 576. The van der Waals surface area contributed by atoms with E-state index in [1.807, 2.05) is 12.1 Å². The number of carbonyl (C=O) groups excluding carboxylic acids is 1. The molecular formula is C12H9NO2. The fourth-order valence-corrected chi connectivity index (χ4v) is 1.34. The van der Waals surface area contributed by atoms with Crippen molar-refractivity contribution < 1.29 is 9.53 Å². The summed E-state index contributed by atoms with van der Waals surface area (Å²) < 4.78 is 5.04. The molecule has 1 heterocycles. The zero-order valence-corrected chi connectivity index (χ0v) is 8.28. The molecule has 0 saturated carbocycles. The van der Waals surface area contributed by atoms with Crippen LogP contribution in [0.2, 0.25) is 0 Å². The largest absolute Gasteiger partial charge is 0.417 e. The molecule has 74 valence electrons. The smallest absolute Gasteiger partial charge is 0.308 e. The van der Waals surface area contributed by atoms with Crippen molar-refractivity contribution in [1.82, 2.24) is 4.98 Å². The average Bonchev–Trinajstić information content (AvgIpc) is 2.41. The van der Waals surface area contributed by atoms with Crippen LogP contribution in [-0.4, -0.2) is 11.0 Å². The zero-order chi connectivity index (χ0) is 10.7. The highest BCUT2D eigenvalue weighted by Gasteiger charge is 2.03. The van der Waals surface area contributed by atoms with Crippen LogP contribution in [0.3, 0.4) is 0 Å². The third-order valence-electron chi connectivity index (χ3n) is 1.93. The normalized spacial score (nSPS) is 12.7. The van der Waals surface area contributed by atoms with Crippen molar-refractivity contribution in [3.63, 3.8) is 0 Å². The Balaban J connectivity index is 2.69. The zero-order valence-electron chi connectivity index (χ0n) is 8.28. The van der Waals surface area contributed by atoms with Gasteiger partial charge in [-0.05, 0) is 24.1 Å². The number of aromatic nitrogens is 1. The van der Waals surface area contributed by atoms with E-state index in [9.17, 15) is 4.79 Å². The first kappa shape index (κ1) is 9.47. The van der Waals surface area contributed by atoms with Gasteiger partial charge in [-0.1, -0.05) is 5.92 Å². The van der Waals surface area contributed by atoms with Crippen LogP contribution in [-0.2, 0) is 9.53 Å². The van der Waals surface area contributed by atoms with E-state index < -0.39 is 0 Å². The fraction of sp³-hybridized carbons (Fsp3) is 0.167. The Morgan fingerprint density at radius 1 is 1.60 bits per heavy atom. The summed E-state index contributed by atoms with van der Waals surface area (Å²) in [7, 11) is 0. The van der Waals surface area contributed by atoms with E-state index in [1.54, 1.807) is 12.3 Å². The SMILES string of the molecule is CC(=O)OC1=c2cccnc2=CCC#C1. The number of rotatable bonds is 1. The van der Waals surface area contributed by atoms with E-state index in [-0.39, 0.29) is 5.97 Å². The first-order chi connectivity index (χ1) is 7.27. The molecule has 1 aliphatic carbocycles. The molecule has 1 aliphatic rings. The molecule has 0 unspecified atom stereocenters. The van der Waals surface area contributed by atoms with E-state index in [4.69, 9.17) is 4.74 Å². The first-order valence-electron chi connectivity index (χ1n) is 4.60. The van der Waals surface area contributed by atoms with Crippen LogP contribution in [0.4, 0.5) is 0 Å². The standard InChI is InChI=1S/C12H9NO2/c1-9(14)15-12-7-3-2-6-11-10(12)5-4-8-13-11/h4-6,8H,2H2,1H3. The van der Waals surface area contributed by atoms with Crippen molar-refractivity contribution in [2.45, 2.75) is 13.3 Å². The van der Waals surface area contributed by atoms with Crippen molar-refractivity contribution in [3.8, 4) is 11.8 Å². The van der Waals surface area contributed by atoms with Crippen LogP contribution >= 0.6 is 0 Å². The van der Waals surface area contributed by atoms with E-state index in [0.717, 1.165) is 10.6 Å². The fourth-order valence-electron chi connectivity index (χ4n) is 1.34. The highest BCUT2D eigenvalue weighted by atomic mass is 16.5. The van der Waals surface area contributed by atoms with Gasteiger partial charge in [0.2, 0.25) is 0 Å². The van der Waals surface area contributed by atoms with E-state index in [0.29, 0.717) is 12.2 Å². The van der Waals surface area contributed by atoms with Crippen LogP contribution in [0.15, 0.2) is 18.3 Å². The molecule has 3 heteroatoms. The minimum absolute atomic E-state index is 0.365. The molecule has 2 rings (SSSR count). The predicted molar refractivity (Wildman–Crippen MR) is 55.5 cm³/mol. The lowest BCUT2D eigenvalue weighted by atomic mass is 10.3. The third kappa shape index (κ3) is 2.05. The van der Waals surface area contributed by atoms with Gasteiger partial charge in [-0.3, -0.25) is 9.78 Å². The molecular weight excluding hydrogens is 190 g/mol. The number of fused-ring (bicyclic) bond motifs is 1. The van der Waals surface area contributed by atoms with E-state index in [2.05, 4.69) is 16.8 Å². The Morgan fingerprint density at radius 2 is 2.47 bits per heavy atom. The lowest BCUT2D eigenvalue weighted by Gasteiger charge is -1.98. The lowest BCUT2D eigenvalue weighted by molar-refractivity contribution is -0.134. The van der Waals surface area contributed by atoms with Gasteiger partial charge in [0, 0.05) is 19.5 Å². The van der Waals surface area contributed by atoms with Crippen LogP contribution in [0.1, 0.15) is 13.3 Å². The third-order valence-corrected chi connectivity index (χ3v) is 1.93. The molecule has 0 saturated heterocycles. The van der Waals surface area contributed by atoms with Gasteiger partial charge in [-0.2, -0.15) is 0 Å². The van der Waals surface area contributed by atoms with Gasteiger partial charge in [-0.25, -0.2) is 0 Å². The van der Waals surface area contributed by atoms with Gasteiger partial charge in [0.05, 0.1) is 10.6 Å². The molecule has 0 N–H and O–H groups in total. The minimum Gasteiger partial charge on any atom is -0.417 e. The number of esters is 1. The van der Waals surface area contributed by atoms with Crippen LogP contribution in [0, 0.1) is 11.8 Å². The summed E-state index contributed by atoms with van der Waals surface area (Å²) in [6.45, 7) is 1.36. The monoisotopic (exact) mass is 199 g/mol. The van der Waals surface area contributed by atoms with Gasteiger partial charge in [0.1, 0.15) is 0 Å². The topological polar surface area (TPSA) is 39.2 Å². The predicted octanol–water partition coefficient (Wildman–Crippen LogP) is -0.0595. The molecule has 0 atom stereocenters. The van der Waals surface area contributed by atoms with E-state index in [1.165, 1.54) is 6.92 Å². The highest BCUT2D eigenvalue weighted by molar-refractivity contribution is 5.75. The van der Waals surface area contributed by atoms with Gasteiger partial charge in [0.15, 0.2) is 5.76 Å². The van der Waals surface area contributed by atoms with Crippen molar-refractivity contribution in [2.24, 2.45) is 0 Å². The second-order valence-electron chi connectivity index (χ2n) is 3.07. The highest BCUT2D eigenvalue weighted by Crippen LogP contribution is 1.96. The average molecular weight is 199 g/mol. The molecule has 0 bridgehead atoms. The Labute approximate surface area is 87.1 Å². The van der Waals surface area contributed by atoms with Crippen molar-refractivity contribution in [3.05, 3.63) is 28.9 Å². The molecule has 3 nitrogen and oxygen atoms in total. The summed E-state index contributed by atoms with van der Waals surface area (Å²) in [6.07, 6.45) is 4.24. The quantitative estimate of drug-likeness (QED) is 0.470. The van der Waals surface area contributed by atoms with Crippen LogP contribution < -0.4 is 10.6 Å². The molecule has 0 fully saturated rings. The second kappa shape index (κ2) is 3.97. The number of carbonyl (C=O) groups is 1. The van der Waals surface area contributed by atoms with Crippen LogP contribution in [0.25, 0.3) is 11.8 Å². The molecule has 0 radical (unpaired) electrons. The van der Waals surface area contributed by atoms with Crippen LogP contribution in [0.5, 0.6) is 0 Å². The molecule has 15 heavy (non-hydrogen) atoms. The molecule has 1 aromatic heterocycles. The van der Waals surface area contributed by atoms with Crippen molar-refractivity contribution in [2.75, 3.05) is 0 Å². The lowest BCUT2D eigenvalue weighted by Crippen LogP contribution is -2.30. The van der Waals surface area contributed by atoms with Gasteiger partial charge < -0.3 is 4.74 Å². The summed E-state index contributed by atoms with van der Waals surface area (Å²) in [5.41, 5.74) is 0. The molecule has 0 aromatic carbocycles.